The monoisotopic (exact) mass is 219 g/mol. The minimum atomic E-state index is -0.917. The van der Waals surface area contributed by atoms with Crippen LogP contribution < -0.4 is 5.73 Å². The van der Waals surface area contributed by atoms with E-state index in [9.17, 15) is 4.21 Å². The summed E-state index contributed by atoms with van der Waals surface area (Å²) in [5.74, 6) is 0.545. The third-order valence-electron chi connectivity index (χ3n) is 1.59. The maximum Gasteiger partial charge on any atom is 0.0542 e. The number of benzene rings is 1. The highest BCUT2D eigenvalue weighted by Crippen LogP contribution is 2.07. The minimum absolute atomic E-state index is 0. The highest BCUT2D eigenvalue weighted by atomic mass is 35.5. The van der Waals surface area contributed by atoms with Crippen LogP contribution in [0.15, 0.2) is 29.2 Å². The first-order valence-electron chi connectivity index (χ1n) is 3.89. The first kappa shape index (κ1) is 12.6. The van der Waals surface area contributed by atoms with Gasteiger partial charge in [-0.2, -0.15) is 0 Å². The molecule has 0 fully saturated rings. The van der Waals surface area contributed by atoms with Gasteiger partial charge in [0, 0.05) is 17.2 Å². The highest BCUT2D eigenvalue weighted by molar-refractivity contribution is 7.85. The Balaban J connectivity index is 0.00000144. The lowest BCUT2D eigenvalue weighted by molar-refractivity contribution is 0.682. The van der Waals surface area contributed by atoms with E-state index in [1.54, 1.807) is 0 Å². The van der Waals surface area contributed by atoms with Crippen LogP contribution in [0.5, 0.6) is 0 Å². The van der Waals surface area contributed by atoms with E-state index in [0.717, 1.165) is 4.90 Å². The Bertz CT molecular complexity index is 273. The van der Waals surface area contributed by atoms with Crippen LogP contribution in [0.25, 0.3) is 0 Å². The van der Waals surface area contributed by atoms with Gasteiger partial charge in [0.2, 0.25) is 0 Å². The summed E-state index contributed by atoms with van der Waals surface area (Å²) in [6.45, 7) is 2.48. The molecule has 13 heavy (non-hydrogen) atoms. The van der Waals surface area contributed by atoms with Crippen LogP contribution in [0.4, 0.5) is 0 Å². The molecule has 0 radical (unpaired) electrons. The average Bonchev–Trinajstić information content (AvgIpc) is 2.06. The van der Waals surface area contributed by atoms with E-state index in [1.165, 1.54) is 5.56 Å². The standard InChI is InChI=1S/C9H13NOS.ClH/c1-8-2-4-9(5-3-8)12(11)7-6-10;/h2-5H,6-7,10H2,1H3;1H. The van der Waals surface area contributed by atoms with Crippen LogP contribution in [0.2, 0.25) is 0 Å². The molecule has 1 rings (SSSR count). The topological polar surface area (TPSA) is 43.1 Å². The Labute approximate surface area is 87.4 Å². The van der Waals surface area contributed by atoms with E-state index in [4.69, 9.17) is 5.73 Å². The Morgan fingerprint density at radius 1 is 1.31 bits per heavy atom. The lowest BCUT2D eigenvalue weighted by Crippen LogP contribution is -2.10. The molecule has 2 N–H and O–H groups in total. The molecule has 4 heteroatoms. The molecule has 0 aliphatic heterocycles. The maximum absolute atomic E-state index is 11.4. The van der Waals surface area contributed by atoms with Crippen molar-refractivity contribution < 1.29 is 4.21 Å². The van der Waals surface area contributed by atoms with Crippen molar-refractivity contribution in [2.75, 3.05) is 12.3 Å². The van der Waals surface area contributed by atoms with Crippen LogP contribution in [-0.4, -0.2) is 16.5 Å². The normalized spacial score (nSPS) is 11.8. The largest absolute Gasteiger partial charge is 0.330 e. The van der Waals surface area contributed by atoms with Crippen molar-refractivity contribution >= 4 is 23.2 Å². The SMILES string of the molecule is Cc1ccc(S(=O)CCN)cc1.Cl. The van der Waals surface area contributed by atoms with Crippen LogP contribution in [-0.2, 0) is 10.8 Å². The van der Waals surface area contributed by atoms with Gasteiger partial charge in [0.05, 0.1) is 10.8 Å². The second-order valence-corrected chi connectivity index (χ2v) is 4.22. The molecule has 1 aromatic carbocycles. The maximum atomic E-state index is 11.4. The highest BCUT2D eigenvalue weighted by Gasteiger charge is 2.00. The Morgan fingerprint density at radius 3 is 2.31 bits per heavy atom. The molecule has 1 aromatic rings. The third kappa shape index (κ3) is 3.89. The van der Waals surface area contributed by atoms with Gasteiger partial charge in [0.1, 0.15) is 0 Å². The van der Waals surface area contributed by atoms with Gasteiger partial charge in [-0.1, -0.05) is 17.7 Å². The van der Waals surface area contributed by atoms with Crippen LogP contribution in [0, 0.1) is 6.92 Å². The zero-order chi connectivity index (χ0) is 8.97. The van der Waals surface area contributed by atoms with Crippen molar-refractivity contribution in [3.63, 3.8) is 0 Å². The number of halogens is 1. The average molecular weight is 220 g/mol. The summed E-state index contributed by atoms with van der Waals surface area (Å²) in [5.41, 5.74) is 6.49. The van der Waals surface area contributed by atoms with Crippen LogP contribution in [0.3, 0.4) is 0 Å². The summed E-state index contributed by atoms with van der Waals surface area (Å²) in [6.07, 6.45) is 0. The van der Waals surface area contributed by atoms with Gasteiger partial charge in [-0.25, -0.2) is 0 Å². The molecule has 1 atom stereocenters. The third-order valence-corrected chi connectivity index (χ3v) is 2.99. The summed E-state index contributed by atoms with van der Waals surface area (Å²) in [7, 11) is -0.917. The van der Waals surface area contributed by atoms with Gasteiger partial charge in [-0.3, -0.25) is 4.21 Å². The smallest absolute Gasteiger partial charge is 0.0542 e. The summed E-state index contributed by atoms with van der Waals surface area (Å²) in [5, 5.41) is 0. The van der Waals surface area contributed by atoms with E-state index in [1.807, 2.05) is 31.2 Å². The quantitative estimate of drug-likeness (QED) is 0.837. The van der Waals surface area contributed by atoms with E-state index in [-0.39, 0.29) is 12.4 Å². The number of nitrogens with two attached hydrogens (primary N) is 1. The second-order valence-electron chi connectivity index (χ2n) is 2.65. The molecule has 0 spiro atoms. The molecule has 0 aromatic heterocycles. The molecular weight excluding hydrogens is 206 g/mol. The predicted octanol–water partition coefficient (Wildman–Crippen LogP) is 1.48. The number of hydrogen-bond acceptors (Lipinski definition) is 2. The fourth-order valence-corrected chi connectivity index (χ4v) is 1.80. The van der Waals surface area contributed by atoms with Crippen LogP contribution in [0.1, 0.15) is 5.56 Å². The molecule has 0 amide bonds. The zero-order valence-electron chi connectivity index (χ0n) is 7.53. The molecule has 1 unspecified atom stereocenters. The summed E-state index contributed by atoms with van der Waals surface area (Å²) in [4.78, 5) is 0.867. The Morgan fingerprint density at radius 2 is 1.85 bits per heavy atom. The van der Waals surface area contributed by atoms with Crippen molar-refractivity contribution in [3.05, 3.63) is 29.8 Å². The van der Waals surface area contributed by atoms with Crippen molar-refractivity contribution in [2.24, 2.45) is 5.73 Å². The van der Waals surface area contributed by atoms with E-state index in [2.05, 4.69) is 0 Å². The Kier molecular flexibility index (Phi) is 5.95. The molecule has 0 saturated carbocycles. The fourth-order valence-electron chi connectivity index (χ4n) is 0.915. The van der Waals surface area contributed by atoms with E-state index >= 15 is 0 Å². The molecule has 0 bridgehead atoms. The first-order chi connectivity index (χ1) is 5.74. The molecule has 2 nitrogen and oxygen atoms in total. The predicted molar refractivity (Wildman–Crippen MR) is 58.8 cm³/mol. The van der Waals surface area contributed by atoms with Crippen molar-refractivity contribution in [2.45, 2.75) is 11.8 Å². The Hall–Kier alpha value is -0.380. The number of hydrogen-bond donors (Lipinski definition) is 1. The van der Waals surface area contributed by atoms with Crippen molar-refractivity contribution in [1.29, 1.82) is 0 Å². The molecular formula is C9H14ClNOS. The van der Waals surface area contributed by atoms with Gasteiger partial charge < -0.3 is 5.73 Å². The van der Waals surface area contributed by atoms with Gasteiger partial charge in [-0.05, 0) is 19.1 Å². The van der Waals surface area contributed by atoms with E-state index in [0.29, 0.717) is 12.3 Å². The van der Waals surface area contributed by atoms with Crippen LogP contribution >= 0.6 is 12.4 Å². The van der Waals surface area contributed by atoms with Gasteiger partial charge >= 0.3 is 0 Å². The number of rotatable bonds is 3. The van der Waals surface area contributed by atoms with Gasteiger partial charge in [0.15, 0.2) is 0 Å². The molecule has 74 valence electrons. The summed E-state index contributed by atoms with van der Waals surface area (Å²) < 4.78 is 11.4. The summed E-state index contributed by atoms with van der Waals surface area (Å²) in [6, 6.07) is 7.70. The molecule has 0 saturated heterocycles. The van der Waals surface area contributed by atoms with Crippen molar-refractivity contribution in [3.8, 4) is 0 Å². The van der Waals surface area contributed by atoms with Gasteiger partial charge in [0.25, 0.3) is 0 Å². The molecule has 0 aliphatic carbocycles. The molecule has 0 heterocycles. The minimum Gasteiger partial charge on any atom is -0.330 e. The lowest BCUT2D eigenvalue weighted by atomic mass is 10.2. The van der Waals surface area contributed by atoms with Crippen molar-refractivity contribution in [1.82, 2.24) is 0 Å². The van der Waals surface area contributed by atoms with E-state index < -0.39 is 10.8 Å². The lowest BCUT2D eigenvalue weighted by Gasteiger charge is -1.99. The summed E-state index contributed by atoms with van der Waals surface area (Å²) >= 11 is 0. The number of aryl methyl sites for hydroxylation is 1. The second kappa shape index (κ2) is 6.13. The fraction of sp³-hybridized carbons (Fsp3) is 0.333. The zero-order valence-corrected chi connectivity index (χ0v) is 9.16. The van der Waals surface area contributed by atoms with Gasteiger partial charge in [-0.15, -0.1) is 12.4 Å². The molecule has 0 aliphatic rings. The first-order valence-corrected chi connectivity index (χ1v) is 5.21.